The Balaban J connectivity index is 1.78. The molecule has 0 spiro atoms. The number of anilines is 1. The maximum absolute atomic E-state index is 5.74. The number of nitrogens with zero attached hydrogens (tertiary/aromatic N) is 3. The molecule has 0 aliphatic heterocycles. The Kier molecular flexibility index (Phi) is 4.88. The first-order chi connectivity index (χ1) is 11.2. The van der Waals surface area contributed by atoms with E-state index in [2.05, 4.69) is 22.6 Å². The average Bonchev–Trinajstić information content (AvgIpc) is 3.16. The van der Waals surface area contributed by atoms with Crippen LogP contribution in [0.3, 0.4) is 0 Å². The maximum Gasteiger partial charge on any atom is 0.220 e. The number of oxazole rings is 1. The van der Waals surface area contributed by atoms with Gasteiger partial charge in [0.15, 0.2) is 10.7 Å². The van der Waals surface area contributed by atoms with E-state index < -0.39 is 0 Å². The Labute approximate surface area is 144 Å². The van der Waals surface area contributed by atoms with Crippen molar-refractivity contribution in [2.75, 3.05) is 31.4 Å². The highest BCUT2D eigenvalue weighted by Crippen LogP contribution is 2.25. The number of hydrogen-bond acceptors (Lipinski definition) is 7. The number of ether oxygens (including phenoxy) is 1. The lowest BCUT2D eigenvalue weighted by Gasteiger charge is -2.04. The topological polar surface area (TPSA) is 51.4 Å². The van der Waals surface area contributed by atoms with Gasteiger partial charge in [0.05, 0.1) is 6.61 Å². The van der Waals surface area contributed by atoms with E-state index in [0.717, 1.165) is 21.3 Å². The molecular formula is C16H17N3O2S2. The van der Waals surface area contributed by atoms with Crippen LogP contribution >= 0.6 is 24.0 Å². The summed E-state index contributed by atoms with van der Waals surface area (Å²) in [6.07, 6.45) is 5.64. The van der Waals surface area contributed by atoms with Crippen molar-refractivity contribution in [2.24, 2.45) is 0 Å². The second-order valence-electron chi connectivity index (χ2n) is 5.03. The van der Waals surface area contributed by atoms with E-state index in [4.69, 9.17) is 9.15 Å². The summed E-state index contributed by atoms with van der Waals surface area (Å²) in [5.74, 6) is 1.99. The molecule has 0 saturated heterocycles. The second-order valence-corrected chi connectivity index (χ2v) is 6.51. The zero-order valence-corrected chi connectivity index (χ0v) is 14.6. The zero-order chi connectivity index (χ0) is 16.2. The normalized spacial score (nSPS) is 11.4. The molecule has 0 radical (unpaired) electrons. The lowest BCUT2D eigenvalue weighted by Crippen LogP contribution is -2.07. The number of aromatic nitrogens is 2. The Bertz CT molecular complexity index is 824. The summed E-state index contributed by atoms with van der Waals surface area (Å²) in [5, 5.41) is 0.966. The van der Waals surface area contributed by atoms with Crippen LogP contribution in [0.5, 0.6) is 5.75 Å². The number of thiazole rings is 1. The second kappa shape index (κ2) is 7.06. The monoisotopic (exact) mass is 347 g/mol. The molecule has 120 valence electrons. The molecule has 0 N–H and O–H groups in total. The number of benzene rings is 1. The van der Waals surface area contributed by atoms with E-state index in [1.165, 1.54) is 0 Å². The molecule has 2 aromatic heterocycles. The molecule has 0 unspecified atom stereocenters. The van der Waals surface area contributed by atoms with Crippen molar-refractivity contribution in [2.45, 2.75) is 0 Å². The van der Waals surface area contributed by atoms with Gasteiger partial charge < -0.3 is 14.1 Å². The predicted molar refractivity (Wildman–Crippen MR) is 98.7 cm³/mol. The standard InChI is InChI=1S/C16H17N3O2S2/c1-19(2)16-17-10-12(23-16)4-6-15-18-13-5-3-11(20-7-8-22)9-14(13)21-15/h3-6,9-10,22H,7-8H2,1-2H3. The molecule has 2 heterocycles. The van der Waals surface area contributed by atoms with E-state index in [0.29, 0.717) is 23.8 Å². The lowest BCUT2D eigenvalue weighted by atomic mass is 10.3. The fraction of sp³-hybridized carbons (Fsp3) is 0.250. The first-order valence-electron chi connectivity index (χ1n) is 7.11. The minimum absolute atomic E-state index is 0.561. The fourth-order valence-corrected chi connectivity index (χ4v) is 2.79. The van der Waals surface area contributed by atoms with Crippen LogP contribution in [0.1, 0.15) is 10.8 Å². The zero-order valence-electron chi connectivity index (χ0n) is 12.9. The summed E-state index contributed by atoms with van der Waals surface area (Å²) < 4.78 is 11.3. The molecule has 3 rings (SSSR count). The van der Waals surface area contributed by atoms with Crippen LogP contribution in [0, 0.1) is 0 Å². The lowest BCUT2D eigenvalue weighted by molar-refractivity contribution is 0.344. The predicted octanol–water partition coefficient (Wildman–Crippen LogP) is 3.83. The van der Waals surface area contributed by atoms with E-state index in [1.54, 1.807) is 11.3 Å². The van der Waals surface area contributed by atoms with Crippen molar-refractivity contribution in [3.05, 3.63) is 35.2 Å². The molecule has 5 nitrogen and oxygen atoms in total. The summed E-state index contributed by atoms with van der Waals surface area (Å²) in [6.45, 7) is 0.565. The molecule has 0 amide bonds. The number of fused-ring (bicyclic) bond motifs is 1. The van der Waals surface area contributed by atoms with Crippen molar-refractivity contribution >= 4 is 52.3 Å². The molecular weight excluding hydrogens is 330 g/mol. The molecule has 0 atom stereocenters. The Morgan fingerprint density at radius 1 is 1.35 bits per heavy atom. The van der Waals surface area contributed by atoms with Crippen molar-refractivity contribution in [3.63, 3.8) is 0 Å². The van der Waals surface area contributed by atoms with Gasteiger partial charge >= 0.3 is 0 Å². The van der Waals surface area contributed by atoms with Gasteiger partial charge in [0.25, 0.3) is 0 Å². The summed E-state index contributed by atoms with van der Waals surface area (Å²) in [6, 6.07) is 5.62. The third kappa shape index (κ3) is 3.86. The van der Waals surface area contributed by atoms with Gasteiger partial charge in [-0.3, -0.25) is 0 Å². The molecule has 0 bridgehead atoms. The largest absolute Gasteiger partial charge is 0.493 e. The van der Waals surface area contributed by atoms with Crippen LogP contribution in [0.2, 0.25) is 0 Å². The van der Waals surface area contributed by atoms with Crippen LogP contribution in [0.15, 0.2) is 28.8 Å². The first kappa shape index (κ1) is 15.9. The van der Waals surface area contributed by atoms with Crippen molar-refractivity contribution in [3.8, 4) is 5.75 Å². The SMILES string of the molecule is CN(C)c1ncc(C=Cc2nc3ccc(OCCS)cc3o2)s1. The van der Waals surface area contributed by atoms with Crippen molar-refractivity contribution in [1.29, 1.82) is 0 Å². The third-order valence-corrected chi connectivity index (χ3v) is 4.33. The van der Waals surface area contributed by atoms with E-state index in [-0.39, 0.29) is 0 Å². The smallest absolute Gasteiger partial charge is 0.220 e. The first-order valence-corrected chi connectivity index (χ1v) is 8.56. The number of hydrogen-bond donors (Lipinski definition) is 1. The van der Waals surface area contributed by atoms with Gasteiger partial charge in [-0.05, 0) is 18.2 Å². The van der Waals surface area contributed by atoms with E-state index in [9.17, 15) is 0 Å². The van der Waals surface area contributed by atoms with Crippen LogP contribution < -0.4 is 9.64 Å². The molecule has 1 aromatic carbocycles. The minimum atomic E-state index is 0.561. The highest BCUT2D eigenvalue weighted by Gasteiger charge is 2.06. The highest BCUT2D eigenvalue weighted by atomic mass is 32.1. The number of thiol groups is 1. The van der Waals surface area contributed by atoms with Gasteiger partial charge in [-0.1, -0.05) is 11.3 Å². The Hall–Kier alpha value is -1.99. The molecule has 23 heavy (non-hydrogen) atoms. The summed E-state index contributed by atoms with van der Waals surface area (Å²) in [5.41, 5.74) is 1.51. The summed E-state index contributed by atoms with van der Waals surface area (Å²) >= 11 is 5.74. The quantitative estimate of drug-likeness (QED) is 0.687. The van der Waals surface area contributed by atoms with Crippen LogP contribution in [-0.2, 0) is 0 Å². The van der Waals surface area contributed by atoms with Gasteiger partial charge in [0.1, 0.15) is 11.3 Å². The summed E-state index contributed by atoms with van der Waals surface area (Å²) in [4.78, 5) is 11.8. The molecule has 7 heteroatoms. The van der Waals surface area contributed by atoms with Crippen LogP contribution in [0.4, 0.5) is 5.13 Å². The third-order valence-electron chi connectivity index (χ3n) is 3.02. The molecule has 0 saturated carbocycles. The maximum atomic E-state index is 5.74. The summed E-state index contributed by atoms with van der Waals surface area (Å²) in [7, 11) is 3.95. The minimum Gasteiger partial charge on any atom is -0.493 e. The van der Waals surface area contributed by atoms with Gasteiger partial charge in [0, 0.05) is 43.1 Å². The van der Waals surface area contributed by atoms with E-state index in [1.807, 2.05) is 55.5 Å². The fourth-order valence-electron chi connectivity index (χ4n) is 1.96. The molecule has 0 aliphatic rings. The van der Waals surface area contributed by atoms with Gasteiger partial charge in [-0.2, -0.15) is 12.6 Å². The van der Waals surface area contributed by atoms with Crippen LogP contribution in [-0.4, -0.2) is 36.4 Å². The van der Waals surface area contributed by atoms with Gasteiger partial charge in [-0.15, -0.1) is 0 Å². The molecule has 0 aliphatic carbocycles. The number of rotatable bonds is 6. The highest BCUT2D eigenvalue weighted by molar-refractivity contribution is 7.80. The van der Waals surface area contributed by atoms with Crippen molar-refractivity contribution < 1.29 is 9.15 Å². The van der Waals surface area contributed by atoms with Gasteiger partial charge in [0.2, 0.25) is 5.89 Å². The molecule has 0 fully saturated rings. The van der Waals surface area contributed by atoms with E-state index >= 15 is 0 Å². The average molecular weight is 347 g/mol. The Morgan fingerprint density at radius 2 is 2.22 bits per heavy atom. The van der Waals surface area contributed by atoms with Crippen molar-refractivity contribution in [1.82, 2.24) is 9.97 Å². The molecule has 3 aromatic rings. The van der Waals surface area contributed by atoms with Gasteiger partial charge in [-0.25, -0.2) is 9.97 Å². The Morgan fingerprint density at radius 3 is 2.96 bits per heavy atom. The van der Waals surface area contributed by atoms with Crippen LogP contribution in [0.25, 0.3) is 23.3 Å².